The van der Waals surface area contributed by atoms with E-state index in [-0.39, 0.29) is 0 Å². The zero-order valence-corrected chi connectivity index (χ0v) is 13.7. The van der Waals surface area contributed by atoms with Crippen LogP contribution in [0.3, 0.4) is 0 Å². The quantitative estimate of drug-likeness (QED) is 0.830. The van der Waals surface area contributed by atoms with E-state index in [4.69, 9.17) is 0 Å². The molecule has 0 spiro atoms. The summed E-state index contributed by atoms with van der Waals surface area (Å²) < 4.78 is 0. The minimum atomic E-state index is 0.622. The first kappa shape index (κ1) is 14.8. The van der Waals surface area contributed by atoms with Crippen LogP contribution in [-0.2, 0) is 19.3 Å². The third kappa shape index (κ3) is 3.75. The molecule has 1 N–H and O–H groups in total. The predicted octanol–water partition coefficient (Wildman–Crippen LogP) is 4.46. The number of rotatable bonds is 6. The summed E-state index contributed by atoms with van der Waals surface area (Å²) in [5, 5.41) is 6.01. The standard InChI is InChI=1S/C19H25NS/c1-2-11-20-19(14-18-8-5-12-21-18)17-10-9-15-6-3-4-7-16(15)13-17/h3-8,12,17,19-20H,2,9-11,13-14H2,1H3. The van der Waals surface area contributed by atoms with E-state index < -0.39 is 0 Å². The van der Waals surface area contributed by atoms with E-state index in [1.165, 1.54) is 37.0 Å². The molecule has 112 valence electrons. The predicted molar refractivity (Wildman–Crippen MR) is 92.1 cm³/mol. The second-order valence-corrected chi connectivity index (χ2v) is 7.15. The van der Waals surface area contributed by atoms with Gasteiger partial charge in [-0.15, -0.1) is 11.3 Å². The first-order valence-electron chi connectivity index (χ1n) is 8.19. The molecule has 0 fully saturated rings. The highest BCUT2D eigenvalue weighted by atomic mass is 32.1. The van der Waals surface area contributed by atoms with Crippen molar-refractivity contribution in [1.29, 1.82) is 0 Å². The maximum absolute atomic E-state index is 3.81. The van der Waals surface area contributed by atoms with Crippen LogP contribution in [0.1, 0.15) is 35.8 Å². The summed E-state index contributed by atoms with van der Waals surface area (Å²) in [6.45, 7) is 3.39. The molecule has 1 heterocycles. The number of benzene rings is 1. The van der Waals surface area contributed by atoms with E-state index in [9.17, 15) is 0 Å². The average molecular weight is 299 g/mol. The Morgan fingerprint density at radius 3 is 2.81 bits per heavy atom. The Kier molecular flexibility index (Phi) is 5.10. The third-order valence-electron chi connectivity index (χ3n) is 4.61. The van der Waals surface area contributed by atoms with Crippen molar-refractivity contribution >= 4 is 11.3 Å². The van der Waals surface area contributed by atoms with E-state index in [0.29, 0.717) is 6.04 Å². The van der Waals surface area contributed by atoms with Gasteiger partial charge in [0.25, 0.3) is 0 Å². The highest BCUT2D eigenvalue weighted by molar-refractivity contribution is 7.09. The number of aryl methyl sites for hydroxylation is 1. The molecule has 1 nitrogen and oxygen atoms in total. The van der Waals surface area contributed by atoms with Gasteiger partial charge in [-0.2, -0.15) is 0 Å². The second-order valence-electron chi connectivity index (χ2n) is 6.12. The van der Waals surface area contributed by atoms with Gasteiger partial charge in [-0.1, -0.05) is 37.3 Å². The molecule has 0 saturated carbocycles. The number of nitrogens with one attached hydrogen (secondary N) is 1. The molecular weight excluding hydrogens is 274 g/mol. The minimum absolute atomic E-state index is 0.622. The molecule has 0 radical (unpaired) electrons. The lowest BCUT2D eigenvalue weighted by molar-refractivity contribution is 0.319. The van der Waals surface area contributed by atoms with Crippen molar-refractivity contribution < 1.29 is 0 Å². The van der Waals surface area contributed by atoms with Crippen molar-refractivity contribution in [2.24, 2.45) is 5.92 Å². The fraction of sp³-hybridized carbons (Fsp3) is 0.474. The van der Waals surface area contributed by atoms with Crippen LogP contribution in [0.25, 0.3) is 0 Å². The maximum atomic E-state index is 3.81. The van der Waals surface area contributed by atoms with Crippen LogP contribution in [0.15, 0.2) is 41.8 Å². The van der Waals surface area contributed by atoms with E-state index in [2.05, 4.69) is 54.0 Å². The smallest absolute Gasteiger partial charge is 0.0147 e. The van der Waals surface area contributed by atoms with Gasteiger partial charge >= 0.3 is 0 Å². The van der Waals surface area contributed by atoms with Crippen molar-refractivity contribution in [3.8, 4) is 0 Å². The molecule has 2 heteroatoms. The number of hydrogen-bond donors (Lipinski definition) is 1. The van der Waals surface area contributed by atoms with Gasteiger partial charge in [0.1, 0.15) is 0 Å². The van der Waals surface area contributed by atoms with Crippen molar-refractivity contribution in [3.63, 3.8) is 0 Å². The number of fused-ring (bicyclic) bond motifs is 1. The van der Waals surface area contributed by atoms with Crippen molar-refractivity contribution in [2.45, 2.75) is 45.1 Å². The first-order chi connectivity index (χ1) is 10.4. The fourth-order valence-electron chi connectivity index (χ4n) is 3.45. The molecule has 1 aliphatic rings. The van der Waals surface area contributed by atoms with Crippen molar-refractivity contribution in [2.75, 3.05) is 6.54 Å². The normalized spacial score (nSPS) is 19.2. The van der Waals surface area contributed by atoms with Crippen LogP contribution in [0, 0.1) is 5.92 Å². The summed E-state index contributed by atoms with van der Waals surface area (Å²) in [4.78, 5) is 1.52. The van der Waals surface area contributed by atoms with Crippen LogP contribution < -0.4 is 5.32 Å². The average Bonchev–Trinajstić information content (AvgIpc) is 3.04. The minimum Gasteiger partial charge on any atom is -0.313 e. The van der Waals surface area contributed by atoms with Crippen molar-refractivity contribution in [1.82, 2.24) is 5.32 Å². The van der Waals surface area contributed by atoms with Gasteiger partial charge in [-0.05, 0) is 67.1 Å². The van der Waals surface area contributed by atoms with Crippen LogP contribution >= 0.6 is 11.3 Å². The molecule has 1 aromatic heterocycles. The first-order valence-corrected chi connectivity index (χ1v) is 9.07. The van der Waals surface area contributed by atoms with Crippen LogP contribution in [0.4, 0.5) is 0 Å². The van der Waals surface area contributed by atoms with E-state index in [1.54, 1.807) is 11.1 Å². The maximum Gasteiger partial charge on any atom is 0.0147 e. The van der Waals surface area contributed by atoms with Crippen LogP contribution in [0.2, 0.25) is 0 Å². The molecule has 1 aliphatic carbocycles. The van der Waals surface area contributed by atoms with Gasteiger partial charge in [0.15, 0.2) is 0 Å². The van der Waals surface area contributed by atoms with Gasteiger partial charge in [0.05, 0.1) is 0 Å². The Morgan fingerprint density at radius 2 is 2.05 bits per heavy atom. The molecule has 2 unspecified atom stereocenters. The molecule has 0 saturated heterocycles. The summed E-state index contributed by atoms with van der Waals surface area (Å²) in [7, 11) is 0. The highest BCUT2D eigenvalue weighted by Crippen LogP contribution is 2.29. The molecule has 0 bridgehead atoms. The Hall–Kier alpha value is -1.12. The summed E-state index contributed by atoms with van der Waals surface area (Å²) in [5.74, 6) is 0.772. The topological polar surface area (TPSA) is 12.0 Å². The Morgan fingerprint density at radius 1 is 1.19 bits per heavy atom. The molecule has 0 aliphatic heterocycles. The lowest BCUT2D eigenvalue weighted by Crippen LogP contribution is -2.40. The summed E-state index contributed by atoms with van der Waals surface area (Å²) in [6, 6.07) is 14.1. The Bertz CT molecular complexity index is 546. The largest absolute Gasteiger partial charge is 0.313 e. The SMILES string of the molecule is CCCNC(Cc1cccs1)C1CCc2ccccc2C1. The van der Waals surface area contributed by atoms with Gasteiger partial charge in [0, 0.05) is 10.9 Å². The van der Waals surface area contributed by atoms with E-state index in [1.807, 2.05) is 11.3 Å². The molecule has 1 aromatic carbocycles. The van der Waals surface area contributed by atoms with Gasteiger partial charge in [0.2, 0.25) is 0 Å². The molecule has 0 amide bonds. The van der Waals surface area contributed by atoms with Gasteiger partial charge in [-0.25, -0.2) is 0 Å². The molecular formula is C19H25NS. The lowest BCUT2D eigenvalue weighted by atomic mass is 9.79. The summed E-state index contributed by atoms with van der Waals surface area (Å²) >= 11 is 1.89. The van der Waals surface area contributed by atoms with Gasteiger partial charge in [-0.3, -0.25) is 0 Å². The summed E-state index contributed by atoms with van der Waals surface area (Å²) in [5.41, 5.74) is 3.14. The van der Waals surface area contributed by atoms with Crippen molar-refractivity contribution in [3.05, 3.63) is 57.8 Å². The lowest BCUT2D eigenvalue weighted by Gasteiger charge is -2.32. The second kappa shape index (κ2) is 7.24. The number of hydrogen-bond acceptors (Lipinski definition) is 2. The molecule has 3 rings (SSSR count). The molecule has 2 aromatic rings. The Labute approximate surface area is 132 Å². The van der Waals surface area contributed by atoms with Gasteiger partial charge < -0.3 is 5.32 Å². The zero-order valence-electron chi connectivity index (χ0n) is 12.8. The summed E-state index contributed by atoms with van der Waals surface area (Å²) in [6.07, 6.45) is 6.21. The van der Waals surface area contributed by atoms with Crippen LogP contribution in [-0.4, -0.2) is 12.6 Å². The molecule has 21 heavy (non-hydrogen) atoms. The van der Waals surface area contributed by atoms with Crippen LogP contribution in [0.5, 0.6) is 0 Å². The van der Waals surface area contributed by atoms with E-state index >= 15 is 0 Å². The fourth-order valence-corrected chi connectivity index (χ4v) is 4.21. The monoisotopic (exact) mass is 299 g/mol. The highest BCUT2D eigenvalue weighted by Gasteiger charge is 2.26. The Balaban J connectivity index is 1.71. The number of thiophene rings is 1. The molecule has 2 atom stereocenters. The third-order valence-corrected chi connectivity index (χ3v) is 5.51. The zero-order chi connectivity index (χ0) is 14.5. The van der Waals surface area contributed by atoms with E-state index in [0.717, 1.165) is 12.5 Å².